The molecule has 6 heteroatoms. The smallest absolute Gasteiger partial charge is 0.244 e. The van der Waals surface area contributed by atoms with Crippen LogP contribution in [0.1, 0.15) is 16.7 Å². The van der Waals surface area contributed by atoms with Crippen molar-refractivity contribution in [2.75, 3.05) is 0 Å². The maximum Gasteiger partial charge on any atom is 0.244 e. The van der Waals surface area contributed by atoms with Gasteiger partial charge in [-0.05, 0) is 75.7 Å². The Morgan fingerprint density at radius 3 is 2.50 bits per heavy atom. The molecule has 0 aromatic heterocycles. The van der Waals surface area contributed by atoms with E-state index < -0.39 is 0 Å². The van der Waals surface area contributed by atoms with Crippen molar-refractivity contribution >= 4 is 50.6 Å². The molecule has 28 heavy (non-hydrogen) atoms. The second kappa shape index (κ2) is 10.4. The summed E-state index contributed by atoms with van der Waals surface area (Å²) in [5, 5.41) is 4.03. The summed E-state index contributed by atoms with van der Waals surface area (Å²) < 4.78 is 8.01. The van der Waals surface area contributed by atoms with Crippen molar-refractivity contribution in [3.05, 3.63) is 97.5 Å². The summed E-state index contributed by atoms with van der Waals surface area (Å²) in [6.45, 7) is 0.501. The molecule has 0 bridgehead atoms. The van der Waals surface area contributed by atoms with Gasteiger partial charge in [0.25, 0.3) is 0 Å². The van der Waals surface area contributed by atoms with E-state index in [9.17, 15) is 4.79 Å². The van der Waals surface area contributed by atoms with E-state index in [1.165, 1.54) is 3.57 Å². The third-order valence-corrected chi connectivity index (χ3v) is 5.11. The lowest BCUT2D eigenvalue weighted by Gasteiger charge is -2.07. The normalized spacial score (nSPS) is 10.8. The summed E-state index contributed by atoms with van der Waals surface area (Å²) in [6.07, 6.45) is 1.89. The van der Waals surface area contributed by atoms with Crippen LogP contribution in [0.25, 0.3) is 0 Å². The molecule has 0 radical (unpaired) electrons. The van der Waals surface area contributed by atoms with Crippen LogP contribution in [-0.2, 0) is 17.8 Å². The van der Waals surface area contributed by atoms with Gasteiger partial charge in [-0.2, -0.15) is 5.10 Å². The molecule has 0 spiro atoms. The highest BCUT2D eigenvalue weighted by Crippen LogP contribution is 2.15. The SMILES string of the molecule is O=C(Cc1ccc(Br)cc1)N/N=C\c1cccc(OCc2ccc(I)cc2)c1. The quantitative estimate of drug-likeness (QED) is 0.247. The first kappa shape index (κ1) is 20.5. The maximum atomic E-state index is 12.0. The lowest BCUT2D eigenvalue weighted by molar-refractivity contribution is -0.120. The number of amides is 1. The maximum absolute atomic E-state index is 12.0. The van der Waals surface area contributed by atoms with Crippen LogP contribution in [0.5, 0.6) is 5.75 Å². The van der Waals surface area contributed by atoms with E-state index in [-0.39, 0.29) is 12.3 Å². The van der Waals surface area contributed by atoms with Crippen LogP contribution in [-0.4, -0.2) is 12.1 Å². The standard InChI is InChI=1S/C22H18BrIN2O2/c23-19-8-4-16(5-9-19)13-22(27)26-25-14-18-2-1-3-21(12-18)28-15-17-6-10-20(24)11-7-17/h1-12,14H,13,15H2,(H,26,27)/b25-14-. The molecule has 3 rings (SSSR count). The predicted molar refractivity (Wildman–Crippen MR) is 124 cm³/mol. The Kier molecular flexibility index (Phi) is 7.62. The summed E-state index contributed by atoms with van der Waals surface area (Å²) >= 11 is 5.66. The zero-order chi connectivity index (χ0) is 19.8. The number of rotatable bonds is 7. The molecule has 0 unspecified atom stereocenters. The van der Waals surface area contributed by atoms with Crippen LogP contribution in [0.15, 0.2) is 82.4 Å². The topological polar surface area (TPSA) is 50.7 Å². The molecule has 142 valence electrons. The van der Waals surface area contributed by atoms with Gasteiger partial charge in [0, 0.05) is 8.04 Å². The second-order valence-electron chi connectivity index (χ2n) is 6.08. The number of ether oxygens (including phenoxy) is 1. The molecule has 0 saturated heterocycles. The van der Waals surface area contributed by atoms with Crippen LogP contribution < -0.4 is 10.2 Å². The monoisotopic (exact) mass is 548 g/mol. The number of hydrogen-bond donors (Lipinski definition) is 1. The second-order valence-corrected chi connectivity index (χ2v) is 8.25. The van der Waals surface area contributed by atoms with Crippen molar-refractivity contribution in [2.24, 2.45) is 5.10 Å². The molecule has 0 aliphatic heterocycles. The lowest BCUT2D eigenvalue weighted by Crippen LogP contribution is -2.19. The van der Waals surface area contributed by atoms with E-state index in [1.54, 1.807) is 6.21 Å². The van der Waals surface area contributed by atoms with Crippen molar-refractivity contribution in [1.82, 2.24) is 5.43 Å². The first-order chi connectivity index (χ1) is 13.6. The van der Waals surface area contributed by atoms with Gasteiger partial charge in [-0.25, -0.2) is 5.43 Å². The van der Waals surface area contributed by atoms with E-state index in [1.807, 2.05) is 60.7 Å². The first-order valence-electron chi connectivity index (χ1n) is 8.62. The van der Waals surface area contributed by atoms with Crippen LogP contribution >= 0.6 is 38.5 Å². The Balaban J connectivity index is 1.51. The Morgan fingerprint density at radius 1 is 1.04 bits per heavy atom. The summed E-state index contributed by atoms with van der Waals surface area (Å²) in [5.74, 6) is 0.591. The van der Waals surface area contributed by atoms with Crippen molar-refractivity contribution in [3.63, 3.8) is 0 Å². The highest BCUT2D eigenvalue weighted by molar-refractivity contribution is 14.1. The minimum absolute atomic E-state index is 0.162. The molecule has 3 aromatic rings. The minimum Gasteiger partial charge on any atom is -0.489 e. The van der Waals surface area contributed by atoms with E-state index >= 15 is 0 Å². The molecule has 0 aliphatic rings. The molecule has 1 N–H and O–H groups in total. The molecule has 0 atom stereocenters. The molecule has 0 heterocycles. The summed E-state index contributed by atoms with van der Waals surface area (Å²) in [4.78, 5) is 12.0. The fraction of sp³-hybridized carbons (Fsp3) is 0.0909. The number of benzene rings is 3. The van der Waals surface area contributed by atoms with Gasteiger partial charge in [0.05, 0.1) is 12.6 Å². The van der Waals surface area contributed by atoms with Crippen LogP contribution in [0.3, 0.4) is 0 Å². The molecule has 3 aromatic carbocycles. The number of hydrogen-bond acceptors (Lipinski definition) is 3. The van der Waals surface area contributed by atoms with Crippen molar-refractivity contribution in [2.45, 2.75) is 13.0 Å². The zero-order valence-electron chi connectivity index (χ0n) is 14.9. The number of carbonyl (C=O) groups excluding carboxylic acids is 1. The van der Waals surface area contributed by atoms with E-state index in [0.717, 1.165) is 26.9 Å². The number of nitrogens with zero attached hydrogens (tertiary/aromatic N) is 1. The highest BCUT2D eigenvalue weighted by atomic mass is 127. The van der Waals surface area contributed by atoms with Crippen molar-refractivity contribution in [1.29, 1.82) is 0 Å². The predicted octanol–water partition coefficient (Wildman–Crippen LogP) is 5.33. The summed E-state index contributed by atoms with van der Waals surface area (Å²) in [6, 6.07) is 23.4. The number of nitrogens with one attached hydrogen (secondary N) is 1. The van der Waals surface area contributed by atoms with Gasteiger partial charge in [-0.3, -0.25) is 4.79 Å². The minimum atomic E-state index is -0.162. The van der Waals surface area contributed by atoms with Gasteiger partial charge >= 0.3 is 0 Å². The fourth-order valence-electron chi connectivity index (χ4n) is 2.44. The average Bonchev–Trinajstić information content (AvgIpc) is 2.70. The van der Waals surface area contributed by atoms with Gasteiger partial charge < -0.3 is 4.74 Å². The van der Waals surface area contributed by atoms with Crippen molar-refractivity contribution in [3.8, 4) is 5.75 Å². The van der Waals surface area contributed by atoms with Crippen molar-refractivity contribution < 1.29 is 9.53 Å². The number of hydrazone groups is 1. The van der Waals surface area contributed by atoms with Gasteiger partial charge in [0.1, 0.15) is 12.4 Å². The zero-order valence-corrected chi connectivity index (χ0v) is 18.7. The molecular weight excluding hydrogens is 531 g/mol. The Morgan fingerprint density at radius 2 is 1.75 bits per heavy atom. The van der Waals surface area contributed by atoms with E-state index in [2.05, 4.69) is 61.2 Å². The average molecular weight is 549 g/mol. The van der Waals surface area contributed by atoms with Gasteiger partial charge in [-0.1, -0.05) is 52.3 Å². The van der Waals surface area contributed by atoms with Gasteiger partial charge in [-0.15, -0.1) is 0 Å². The fourth-order valence-corrected chi connectivity index (χ4v) is 3.06. The Bertz CT molecular complexity index is 957. The third-order valence-electron chi connectivity index (χ3n) is 3.86. The van der Waals surface area contributed by atoms with E-state index in [4.69, 9.17) is 4.74 Å². The summed E-state index contributed by atoms with van der Waals surface area (Å²) in [5.41, 5.74) is 5.45. The molecular formula is C22H18BrIN2O2. The molecule has 4 nitrogen and oxygen atoms in total. The van der Waals surface area contributed by atoms with Crippen LogP contribution in [0, 0.1) is 3.57 Å². The van der Waals surface area contributed by atoms with Gasteiger partial charge in [0.15, 0.2) is 0 Å². The number of carbonyl (C=O) groups is 1. The summed E-state index contributed by atoms with van der Waals surface area (Å²) in [7, 11) is 0. The van der Waals surface area contributed by atoms with Crippen LogP contribution in [0.4, 0.5) is 0 Å². The molecule has 0 saturated carbocycles. The lowest BCUT2D eigenvalue weighted by atomic mass is 10.1. The Hall–Kier alpha value is -2.19. The van der Waals surface area contributed by atoms with Crippen LogP contribution in [0.2, 0.25) is 0 Å². The molecule has 1 amide bonds. The number of halogens is 2. The third kappa shape index (κ3) is 6.76. The molecule has 0 aliphatic carbocycles. The molecule has 0 fully saturated rings. The highest BCUT2D eigenvalue weighted by Gasteiger charge is 2.02. The van der Waals surface area contributed by atoms with E-state index in [0.29, 0.717) is 6.61 Å². The Labute approximate surface area is 186 Å². The largest absolute Gasteiger partial charge is 0.489 e. The van der Waals surface area contributed by atoms with Gasteiger partial charge in [0.2, 0.25) is 5.91 Å². The first-order valence-corrected chi connectivity index (χ1v) is 10.5.